The largest absolute Gasteiger partial charge is 0.492 e. The van der Waals surface area contributed by atoms with E-state index in [1.54, 1.807) is 12.3 Å². The van der Waals surface area contributed by atoms with Gasteiger partial charge in [-0.05, 0) is 83.4 Å². The van der Waals surface area contributed by atoms with Crippen molar-refractivity contribution in [2.45, 2.75) is 67.0 Å². The number of hydrogen-bond donors (Lipinski definition) is 0. The van der Waals surface area contributed by atoms with Crippen molar-refractivity contribution in [2.75, 3.05) is 7.11 Å². The average Bonchev–Trinajstić information content (AvgIpc) is 3.04. The molecule has 0 atom stereocenters. The molecule has 37 heavy (non-hydrogen) atoms. The van der Waals surface area contributed by atoms with Gasteiger partial charge in [0.25, 0.3) is 0 Å². The summed E-state index contributed by atoms with van der Waals surface area (Å²) in [5, 5.41) is 1.35. The van der Waals surface area contributed by atoms with Gasteiger partial charge in [0, 0.05) is 45.3 Å². The van der Waals surface area contributed by atoms with Gasteiger partial charge in [0.15, 0.2) is 0 Å². The molecule has 0 radical (unpaired) electrons. The van der Waals surface area contributed by atoms with Crippen molar-refractivity contribution in [3.8, 4) is 0 Å². The lowest BCUT2D eigenvalue weighted by molar-refractivity contribution is -0.139. The molecule has 0 N–H and O–H groups in total. The Morgan fingerprint density at radius 2 is 1.92 bits per heavy atom. The molecule has 0 spiro atoms. The van der Waals surface area contributed by atoms with Crippen LogP contribution in [0.5, 0.6) is 0 Å². The lowest BCUT2D eigenvalue weighted by atomic mass is 9.91. The Kier molecular flexibility index (Phi) is 8.64. The summed E-state index contributed by atoms with van der Waals surface area (Å²) in [5.41, 5.74) is 6.87. The molecule has 0 bridgehead atoms. The number of halogens is 1. The van der Waals surface area contributed by atoms with Gasteiger partial charge in [0.05, 0.1) is 20.1 Å². The van der Waals surface area contributed by atoms with E-state index >= 15 is 0 Å². The van der Waals surface area contributed by atoms with E-state index in [2.05, 4.69) is 36.0 Å². The highest BCUT2D eigenvalue weighted by atomic mass is 35.5. The second-order valence-electron chi connectivity index (χ2n) is 10.1. The van der Waals surface area contributed by atoms with Gasteiger partial charge in [-0.1, -0.05) is 24.2 Å². The van der Waals surface area contributed by atoms with Crippen molar-refractivity contribution in [2.24, 2.45) is 0 Å². The Labute approximate surface area is 224 Å². The minimum absolute atomic E-state index is 0.0782. The summed E-state index contributed by atoms with van der Waals surface area (Å²) < 4.78 is 13.6. The number of pyridine rings is 2. The number of aromatic nitrogens is 3. The van der Waals surface area contributed by atoms with Crippen LogP contribution in [-0.2, 0) is 27.2 Å². The zero-order chi connectivity index (χ0) is 27.5. The van der Waals surface area contributed by atoms with E-state index in [1.165, 1.54) is 7.11 Å². The summed E-state index contributed by atoms with van der Waals surface area (Å²) in [5.74, 6) is 0.367. The van der Waals surface area contributed by atoms with Gasteiger partial charge < -0.3 is 14.0 Å². The summed E-state index contributed by atoms with van der Waals surface area (Å²) >= 11 is 6.15. The third-order valence-electron chi connectivity index (χ3n) is 6.21. The maximum Gasteiger partial charge on any atom is 0.310 e. The Morgan fingerprint density at radius 3 is 2.49 bits per heavy atom. The zero-order valence-corrected chi connectivity index (χ0v) is 23.8. The molecule has 0 saturated carbocycles. The standard InChI is InChI=1S/C30H36ClN3O3/c1-18(31)12-13-24(22(5)37-30(6,7)8)28-25(15-26(35)36-9)20(3)33-29-27(28)19(2)21(4)34(29)17-23-11-10-14-32-16-23/h10-14,16H,1,15,17H2,2-9H3/b13-12-,24-22-. The van der Waals surface area contributed by atoms with Crippen LogP contribution in [0.1, 0.15) is 61.3 Å². The Morgan fingerprint density at radius 1 is 1.22 bits per heavy atom. The van der Waals surface area contributed by atoms with Crippen molar-refractivity contribution in [1.29, 1.82) is 0 Å². The molecule has 0 aliphatic carbocycles. The topological polar surface area (TPSA) is 66.2 Å². The monoisotopic (exact) mass is 521 g/mol. The van der Waals surface area contributed by atoms with E-state index in [0.29, 0.717) is 17.3 Å². The number of allylic oxidation sites excluding steroid dienone is 5. The molecule has 0 fully saturated rings. The normalized spacial score (nSPS) is 12.7. The number of rotatable bonds is 8. The molecule has 3 heterocycles. The minimum atomic E-state index is -0.429. The predicted octanol–water partition coefficient (Wildman–Crippen LogP) is 6.98. The molecule has 0 aliphatic heterocycles. The molecule has 0 aliphatic rings. The van der Waals surface area contributed by atoms with Gasteiger partial charge in [0.1, 0.15) is 17.0 Å². The molecular formula is C30H36ClN3O3. The number of methoxy groups -OCH3 is 1. The predicted molar refractivity (Wildman–Crippen MR) is 151 cm³/mol. The molecule has 6 nitrogen and oxygen atoms in total. The maximum absolute atomic E-state index is 12.5. The van der Waals surface area contributed by atoms with Gasteiger partial charge in [-0.3, -0.25) is 9.78 Å². The first-order chi connectivity index (χ1) is 17.3. The quantitative estimate of drug-likeness (QED) is 0.182. The van der Waals surface area contributed by atoms with Crippen LogP contribution >= 0.6 is 11.6 Å². The van der Waals surface area contributed by atoms with Gasteiger partial charge in [-0.15, -0.1) is 0 Å². The Bertz CT molecular complexity index is 1390. The first-order valence-corrected chi connectivity index (χ1v) is 12.6. The molecule has 196 valence electrons. The highest BCUT2D eigenvalue weighted by Gasteiger charge is 2.26. The van der Waals surface area contributed by atoms with Crippen molar-refractivity contribution in [3.05, 3.63) is 87.7 Å². The third kappa shape index (κ3) is 6.50. The SMILES string of the molecule is C=C(Cl)/C=C\C(=C(/C)OC(C)(C)C)c1c(CC(=O)OC)c(C)nc2c1c(C)c(C)n2Cc1cccnc1. The number of carbonyl (C=O) groups excluding carboxylic acids is 1. The van der Waals surface area contributed by atoms with Crippen LogP contribution in [0.15, 0.2) is 54.0 Å². The Hall–Kier alpha value is -3.38. The molecule has 3 aromatic heterocycles. The van der Waals surface area contributed by atoms with Crippen molar-refractivity contribution < 1.29 is 14.3 Å². The van der Waals surface area contributed by atoms with Gasteiger partial charge in [-0.2, -0.15) is 0 Å². The van der Waals surface area contributed by atoms with Crippen molar-refractivity contribution >= 4 is 34.2 Å². The van der Waals surface area contributed by atoms with Gasteiger partial charge in [0.2, 0.25) is 0 Å². The van der Waals surface area contributed by atoms with E-state index < -0.39 is 5.60 Å². The number of fused-ring (bicyclic) bond motifs is 1. The number of carbonyl (C=O) groups is 1. The van der Waals surface area contributed by atoms with Crippen molar-refractivity contribution in [1.82, 2.24) is 14.5 Å². The van der Waals surface area contributed by atoms with Crippen LogP contribution in [0.2, 0.25) is 0 Å². The molecule has 0 unspecified atom stereocenters. The summed E-state index contributed by atoms with van der Waals surface area (Å²) in [6, 6.07) is 3.98. The zero-order valence-electron chi connectivity index (χ0n) is 23.0. The number of nitrogens with zero attached hydrogens (tertiary/aromatic N) is 3. The molecule has 3 rings (SSSR count). The van der Waals surface area contributed by atoms with Crippen LogP contribution in [0.3, 0.4) is 0 Å². The lowest BCUT2D eigenvalue weighted by Crippen LogP contribution is -2.19. The smallest absolute Gasteiger partial charge is 0.310 e. The second kappa shape index (κ2) is 11.3. The molecule has 3 aromatic rings. The number of hydrogen-bond acceptors (Lipinski definition) is 5. The number of aryl methyl sites for hydroxylation is 2. The summed E-state index contributed by atoms with van der Waals surface area (Å²) in [4.78, 5) is 21.8. The van der Waals surface area contributed by atoms with Gasteiger partial charge in [-0.25, -0.2) is 4.98 Å². The highest BCUT2D eigenvalue weighted by molar-refractivity contribution is 6.31. The summed E-state index contributed by atoms with van der Waals surface area (Å²) in [7, 11) is 1.39. The van der Waals surface area contributed by atoms with Crippen LogP contribution in [0.4, 0.5) is 0 Å². The first kappa shape index (κ1) is 28.2. The number of ether oxygens (including phenoxy) is 2. The minimum Gasteiger partial charge on any atom is -0.492 e. The van der Waals surface area contributed by atoms with Crippen LogP contribution in [0, 0.1) is 20.8 Å². The second-order valence-corrected chi connectivity index (χ2v) is 10.6. The Balaban J connectivity index is 2.46. The van der Waals surface area contributed by atoms with Gasteiger partial charge >= 0.3 is 5.97 Å². The molecule has 0 saturated heterocycles. The average molecular weight is 522 g/mol. The highest BCUT2D eigenvalue weighted by Crippen LogP contribution is 2.38. The first-order valence-electron chi connectivity index (χ1n) is 12.2. The fourth-order valence-corrected chi connectivity index (χ4v) is 4.54. The molecule has 7 heteroatoms. The van der Waals surface area contributed by atoms with E-state index in [-0.39, 0.29) is 12.4 Å². The fourth-order valence-electron chi connectivity index (χ4n) is 4.48. The van der Waals surface area contributed by atoms with E-state index in [9.17, 15) is 4.79 Å². The summed E-state index contributed by atoms with van der Waals surface area (Å²) in [6.45, 7) is 18.5. The number of esters is 1. The van der Waals surface area contributed by atoms with Crippen LogP contribution in [-0.4, -0.2) is 33.2 Å². The maximum atomic E-state index is 12.5. The van der Waals surface area contributed by atoms with E-state index in [1.807, 2.05) is 53.0 Å². The summed E-state index contributed by atoms with van der Waals surface area (Å²) in [6.07, 6.45) is 7.35. The van der Waals surface area contributed by atoms with Crippen LogP contribution < -0.4 is 0 Å². The van der Waals surface area contributed by atoms with Crippen molar-refractivity contribution in [3.63, 3.8) is 0 Å². The van der Waals surface area contributed by atoms with E-state index in [4.69, 9.17) is 26.1 Å². The lowest BCUT2D eigenvalue weighted by Gasteiger charge is -2.25. The molecule has 0 amide bonds. The van der Waals surface area contributed by atoms with Crippen LogP contribution in [0.25, 0.3) is 16.6 Å². The third-order valence-corrected chi connectivity index (χ3v) is 6.34. The molecular weight excluding hydrogens is 486 g/mol. The molecule has 0 aromatic carbocycles. The van der Waals surface area contributed by atoms with E-state index in [0.717, 1.165) is 50.2 Å². The fraction of sp³-hybridized carbons (Fsp3) is 0.367.